The number of rotatable bonds is 6. The molecule has 1 aromatic carbocycles. The minimum absolute atomic E-state index is 0.0651. The van der Waals surface area contributed by atoms with Crippen LogP contribution in [0.4, 0.5) is 0 Å². The quantitative estimate of drug-likeness (QED) is 0.558. The first-order valence-corrected chi connectivity index (χ1v) is 14.0. The summed E-state index contributed by atoms with van der Waals surface area (Å²) in [5.41, 5.74) is 3.81. The van der Waals surface area contributed by atoms with Gasteiger partial charge in [-0.1, -0.05) is 6.07 Å². The Morgan fingerprint density at radius 1 is 1.14 bits per heavy atom. The Hall–Kier alpha value is -3.14. The molecule has 1 saturated carbocycles. The number of sulfone groups is 1. The van der Waals surface area contributed by atoms with Crippen molar-refractivity contribution in [2.24, 2.45) is 0 Å². The average Bonchev–Trinajstić information content (AvgIpc) is 3.56. The van der Waals surface area contributed by atoms with Gasteiger partial charge < -0.3 is 14.8 Å². The lowest BCUT2D eigenvalue weighted by molar-refractivity contribution is 0.0955. The van der Waals surface area contributed by atoms with E-state index in [2.05, 4.69) is 10.4 Å². The Balaban J connectivity index is 1.26. The molecule has 6 rings (SSSR count). The Morgan fingerprint density at radius 3 is 2.69 bits per heavy atom. The highest BCUT2D eigenvalue weighted by molar-refractivity contribution is 7.91. The second kappa shape index (κ2) is 8.51. The van der Waals surface area contributed by atoms with Crippen molar-refractivity contribution in [3.8, 4) is 11.5 Å². The van der Waals surface area contributed by atoms with E-state index in [-0.39, 0.29) is 23.5 Å². The summed E-state index contributed by atoms with van der Waals surface area (Å²) in [6, 6.07) is 7.49. The summed E-state index contributed by atoms with van der Waals surface area (Å²) < 4.78 is 37.2. The number of carbonyl (C=O) groups is 1. The average molecular weight is 497 g/mol. The number of hydrogen-bond acceptors (Lipinski definition) is 7. The van der Waals surface area contributed by atoms with E-state index < -0.39 is 9.84 Å². The standard InChI is InChI=1S/C25H28N4O5S/c1-15-23-19(25(30)26-8-6-16-2-5-21-22(12-16)34-10-9-33-21)13-20(17-3-4-17)27-24(23)29(28-15)18-7-11-35(31,32)14-18/h2,5,12-13,17-18H,3-4,6-11,14H2,1H3,(H,26,30)/t18-/m0/s1. The predicted octanol–water partition coefficient (Wildman–Crippen LogP) is 2.72. The van der Waals surface area contributed by atoms with Crippen LogP contribution in [0.2, 0.25) is 0 Å². The molecule has 3 aromatic rings. The van der Waals surface area contributed by atoms with E-state index in [4.69, 9.17) is 14.5 Å². The van der Waals surface area contributed by atoms with E-state index in [9.17, 15) is 13.2 Å². The van der Waals surface area contributed by atoms with Crippen molar-refractivity contribution in [1.82, 2.24) is 20.1 Å². The van der Waals surface area contributed by atoms with Gasteiger partial charge in [-0.15, -0.1) is 0 Å². The predicted molar refractivity (Wildman–Crippen MR) is 130 cm³/mol. The first-order chi connectivity index (χ1) is 16.9. The Morgan fingerprint density at radius 2 is 1.94 bits per heavy atom. The van der Waals surface area contributed by atoms with Gasteiger partial charge in [0, 0.05) is 18.2 Å². The molecule has 0 bridgehead atoms. The number of carbonyl (C=O) groups excluding carboxylic acids is 1. The fraction of sp³-hybridized carbons (Fsp3) is 0.480. The molecule has 2 aromatic heterocycles. The van der Waals surface area contributed by atoms with E-state index in [1.54, 1.807) is 4.68 Å². The zero-order valence-corrected chi connectivity index (χ0v) is 20.4. The summed E-state index contributed by atoms with van der Waals surface area (Å²) in [7, 11) is -3.07. The monoisotopic (exact) mass is 496 g/mol. The molecule has 4 heterocycles. The highest BCUT2D eigenvalue weighted by atomic mass is 32.2. The lowest BCUT2D eigenvalue weighted by Gasteiger charge is -2.19. The van der Waals surface area contributed by atoms with Crippen LogP contribution < -0.4 is 14.8 Å². The summed E-state index contributed by atoms with van der Waals surface area (Å²) >= 11 is 0. The fourth-order valence-electron chi connectivity index (χ4n) is 4.98. The molecule has 0 spiro atoms. The Bertz CT molecular complexity index is 1430. The molecule has 2 fully saturated rings. The summed E-state index contributed by atoms with van der Waals surface area (Å²) in [4.78, 5) is 18.2. The minimum atomic E-state index is -3.07. The van der Waals surface area contributed by atoms with Gasteiger partial charge in [0.1, 0.15) is 13.2 Å². The number of ether oxygens (including phenoxy) is 2. The molecular weight excluding hydrogens is 468 g/mol. The summed E-state index contributed by atoms with van der Waals surface area (Å²) in [5, 5.41) is 8.41. The molecular formula is C25H28N4O5S. The fourth-order valence-corrected chi connectivity index (χ4v) is 6.67. The first kappa shape index (κ1) is 22.3. The van der Waals surface area contributed by atoms with Gasteiger partial charge in [-0.2, -0.15) is 5.10 Å². The smallest absolute Gasteiger partial charge is 0.252 e. The maximum Gasteiger partial charge on any atom is 0.252 e. The normalized spacial score (nSPS) is 20.8. The van der Waals surface area contributed by atoms with Crippen molar-refractivity contribution in [1.29, 1.82) is 0 Å². The molecule has 1 saturated heterocycles. The number of nitrogens with zero attached hydrogens (tertiary/aromatic N) is 3. The van der Waals surface area contributed by atoms with Crippen molar-refractivity contribution >= 4 is 26.8 Å². The number of aryl methyl sites for hydroxylation is 1. The number of fused-ring (bicyclic) bond motifs is 2. The highest BCUT2D eigenvalue weighted by Gasteiger charge is 2.34. The van der Waals surface area contributed by atoms with Gasteiger partial charge in [0.15, 0.2) is 27.0 Å². The van der Waals surface area contributed by atoms with Gasteiger partial charge in [0.25, 0.3) is 5.91 Å². The number of nitrogens with one attached hydrogen (secondary N) is 1. The highest BCUT2D eigenvalue weighted by Crippen LogP contribution is 2.41. The molecule has 35 heavy (non-hydrogen) atoms. The van der Waals surface area contributed by atoms with E-state index in [0.717, 1.165) is 35.6 Å². The molecule has 1 amide bonds. The first-order valence-electron chi connectivity index (χ1n) is 12.1. The largest absolute Gasteiger partial charge is 0.486 e. The third-order valence-electron chi connectivity index (χ3n) is 6.96. The van der Waals surface area contributed by atoms with Gasteiger partial charge in [-0.25, -0.2) is 18.1 Å². The molecule has 2 aliphatic heterocycles. The molecule has 0 unspecified atom stereocenters. The van der Waals surface area contributed by atoms with E-state index in [1.165, 1.54) is 0 Å². The zero-order valence-electron chi connectivity index (χ0n) is 19.6. The summed E-state index contributed by atoms with van der Waals surface area (Å²) in [5.74, 6) is 1.89. The van der Waals surface area contributed by atoms with E-state index >= 15 is 0 Å². The van der Waals surface area contributed by atoms with Crippen molar-refractivity contribution < 1.29 is 22.7 Å². The van der Waals surface area contributed by atoms with Gasteiger partial charge in [0.05, 0.1) is 34.2 Å². The number of aromatic nitrogens is 3. The number of hydrogen-bond donors (Lipinski definition) is 1. The maximum absolute atomic E-state index is 13.3. The molecule has 1 aliphatic carbocycles. The third-order valence-corrected chi connectivity index (χ3v) is 8.71. The van der Waals surface area contributed by atoms with Gasteiger partial charge in [-0.3, -0.25) is 4.79 Å². The Labute approximate surface area is 203 Å². The lowest BCUT2D eigenvalue weighted by atomic mass is 10.1. The number of benzene rings is 1. The summed E-state index contributed by atoms with van der Waals surface area (Å²) in [6.07, 6.45) is 3.28. The van der Waals surface area contributed by atoms with Crippen LogP contribution >= 0.6 is 0 Å². The van der Waals surface area contributed by atoms with Crippen molar-refractivity contribution in [3.05, 3.63) is 46.8 Å². The molecule has 1 N–H and O–H groups in total. The van der Waals surface area contributed by atoms with Crippen LogP contribution in [0.3, 0.4) is 0 Å². The topological polar surface area (TPSA) is 112 Å². The van der Waals surface area contributed by atoms with Crippen LogP contribution in [0, 0.1) is 6.92 Å². The van der Waals surface area contributed by atoms with Crippen LogP contribution in [0.25, 0.3) is 11.0 Å². The molecule has 9 nitrogen and oxygen atoms in total. The van der Waals surface area contributed by atoms with Crippen LogP contribution in [0.15, 0.2) is 24.3 Å². The maximum atomic E-state index is 13.3. The van der Waals surface area contributed by atoms with Gasteiger partial charge in [0.2, 0.25) is 0 Å². The second-order valence-corrected chi connectivity index (χ2v) is 11.9. The van der Waals surface area contributed by atoms with Gasteiger partial charge in [-0.05, 0) is 56.4 Å². The molecule has 3 aliphatic rings. The second-order valence-electron chi connectivity index (χ2n) is 9.64. The van der Waals surface area contributed by atoms with Crippen LogP contribution in [0.1, 0.15) is 58.5 Å². The zero-order chi connectivity index (χ0) is 24.2. The number of pyridine rings is 1. The van der Waals surface area contributed by atoms with Crippen molar-refractivity contribution in [2.45, 2.75) is 44.6 Å². The SMILES string of the molecule is Cc1nn([C@H]2CCS(=O)(=O)C2)c2nc(C3CC3)cc(C(=O)NCCc3ccc4c(c3)OCCO4)c12. The van der Waals surface area contributed by atoms with Crippen LogP contribution in [-0.4, -0.2) is 60.4 Å². The van der Waals surface area contributed by atoms with Crippen LogP contribution in [0.5, 0.6) is 11.5 Å². The van der Waals surface area contributed by atoms with Crippen molar-refractivity contribution in [3.63, 3.8) is 0 Å². The lowest BCUT2D eigenvalue weighted by Crippen LogP contribution is -2.26. The van der Waals surface area contributed by atoms with Crippen molar-refractivity contribution in [2.75, 3.05) is 31.3 Å². The molecule has 10 heteroatoms. The van der Waals surface area contributed by atoms with E-state index in [0.29, 0.717) is 60.8 Å². The summed E-state index contributed by atoms with van der Waals surface area (Å²) in [6.45, 7) is 3.41. The van der Waals surface area contributed by atoms with Gasteiger partial charge >= 0.3 is 0 Å². The van der Waals surface area contributed by atoms with E-state index in [1.807, 2.05) is 31.2 Å². The Kier molecular flexibility index (Phi) is 5.43. The van der Waals surface area contributed by atoms with Crippen LogP contribution in [-0.2, 0) is 16.3 Å². The third kappa shape index (κ3) is 4.35. The number of amides is 1. The minimum Gasteiger partial charge on any atom is -0.486 e. The molecule has 1 atom stereocenters. The molecule has 0 radical (unpaired) electrons. The molecule has 184 valence electrons.